The minimum atomic E-state index is 0. The molecule has 0 aromatic carbocycles. The molecule has 0 radical (unpaired) electrons. The van der Waals surface area contributed by atoms with E-state index in [1.54, 1.807) is 6.26 Å². The van der Waals surface area contributed by atoms with Crippen molar-refractivity contribution >= 4 is 29.9 Å². The summed E-state index contributed by atoms with van der Waals surface area (Å²) in [5.41, 5.74) is 1.15. The van der Waals surface area contributed by atoms with Crippen molar-refractivity contribution in [2.24, 2.45) is 12.0 Å². The molecular formula is C18H29IN6O2. The molecule has 1 aliphatic heterocycles. The fourth-order valence-corrected chi connectivity index (χ4v) is 2.96. The summed E-state index contributed by atoms with van der Waals surface area (Å²) >= 11 is 0. The van der Waals surface area contributed by atoms with Gasteiger partial charge in [0.15, 0.2) is 11.8 Å². The van der Waals surface area contributed by atoms with E-state index in [1.807, 2.05) is 38.6 Å². The topological polar surface area (TPSA) is 80.7 Å². The third-order valence-corrected chi connectivity index (χ3v) is 4.80. The van der Waals surface area contributed by atoms with E-state index in [-0.39, 0.29) is 30.1 Å². The summed E-state index contributed by atoms with van der Waals surface area (Å²) in [5.74, 6) is 3.47. The monoisotopic (exact) mass is 488 g/mol. The second-order valence-corrected chi connectivity index (χ2v) is 6.74. The van der Waals surface area contributed by atoms with Crippen LogP contribution in [0.5, 0.6) is 0 Å². The van der Waals surface area contributed by atoms with Gasteiger partial charge in [0, 0.05) is 39.4 Å². The first-order valence-electron chi connectivity index (χ1n) is 9.03. The molecule has 2 aromatic heterocycles. The molecule has 8 nitrogen and oxygen atoms in total. The van der Waals surface area contributed by atoms with Gasteiger partial charge in [-0.3, -0.25) is 0 Å². The van der Waals surface area contributed by atoms with Crippen LogP contribution in [-0.2, 0) is 24.9 Å². The molecule has 1 unspecified atom stereocenters. The predicted molar refractivity (Wildman–Crippen MR) is 114 cm³/mol. The number of ether oxygens (including phenoxy) is 1. The molecule has 0 amide bonds. The molecule has 3 heterocycles. The van der Waals surface area contributed by atoms with Gasteiger partial charge >= 0.3 is 0 Å². The lowest BCUT2D eigenvalue weighted by Crippen LogP contribution is -2.42. The molecule has 9 heteroatoms. The number of hydrogen-bond acceptors (Lipinski definition) is 5. The maximum atomic E-state index is 5.72. The highest BCUT2D eigenvalue weighted by atomic mass is 127. The van der Waals surface area contributed by atoms with Crippen molar-refractivity contribution in [3.63, 3.8) is 0 Å². The normalized spacial score (nSPS) is 17.0. The van der Waals surface area contributed by atoms with Crippen LogP contribution in [0.25, 0.3) is 0 Å². The first kappa shape index (κ1) is 21.7. The Balaban J connectivity index is 0.00000261. The summed E-state index contributed by atoms with van der Waals surface area (Å²) in [6.07, 6.45) is 4.19. The average molecular weight is 488 g/mol. The highest BCUT2D eigenvalue weighted by Gasteiger charge is 2.17. The van der Waals surface area contributed by atoms with E-state index < -0.39 is 0 Å². The van der Waals surface area contributed by atoms with E-state index >= 15 is 0 Å². The van der Waals surface area contributed by atoms with Crippen molar-refractivity contribution in [2.45, 2.75) is 45.9 Å². The molecule has 0 aliphatic carbocycles. The van der Waals surface area contributed by atoms with E-state index in [2.05, 4.69) is 20.4 Å². The smallest absolute Gasteiger partial charge is 0.194 e. The number of guanidine groups is 1. The lowest BCUT2D eigenvalue weighted by Gasteiger charge is -2.23. The van der Waals surface area contributed by atoms with Crippen molar-refractivity contribution in [3.8, 4) is 0 Å². The fraction of sp³-hybridized carbons (Fsp3) is 0.611. The Kier molecular flexibility index (Phi) is 8.08. The maximum Gasteiger partial charge on any atom is 0.194 e. The van der Waals surface area contributed by atoms with Gasteiger partial charge in [-0.2, -0.15) is 0 Å². The Morgan fingerprint density at radius 1 is 1.41 bits per heavy atom. The zero-order valence-corrected chi connectivity index (χ0v) is 18.8. The number of aliphatic imine (C=N–C) groups is 1. The van der Waals surface area contributed by atoms with Gasteiger partial charge in [-0.25, -0.2) is 4.99 Å². The van der Waals surface area contributed by atoms with Gasteiger partial charge < -0.3 is 23.9 Å². The number of aromatic nitrogens is 3. The summed E-state index contributed by atoms with van der Waals surface area (Å²) in [6.45, 7) is 6.71. The van der Waals surface area contributed by atoms with Crippen molar-refractivity contribution < 1.29 is 9.15 Å². The SMILES string of the molecule is Cc1occc1CN(C)C(=NCc1nnc(C)n1C)NCC1CCCO1.I. The van der Waals surface area contributed by atoms with Crippen molar-refractivity contribution in [3.05, 3.63) is 35.3 Å². The highest BCUT2D eigenvalue weighted by molar-refractivity contribution is 14.0. The third kappa shape index (κ3) is 5.68. The summed E-state index contributed by atoms with van der Waals surface area (Å²) in [6, 6.07) is 2.00. The second-order valence-electron chi connectivity index (χ2n) is 6.74. The Morgan fingerprint density at radius 3 is 2.81 bits per heavy atom. The summed E-state index contributed by atoms with van der Waals surface area (Å²) in [5, 5.41) is 11.7. The number of furan rings is 1. The number of nitrogens with zero attached hydrogens (tertiary/aromatic N) is 5. The lowest BCUT2D eigenvalue weighted by molar-refractivity contribution is 0.113. The largest absolute Gasteiger partial charge is 0.469 e. The molecule has 1 fully saturated rings. The highest BCUT2D eigenvalue weighted by Crippen LogP contribution is 2.13. The number of rotatable bonds is 6. The van der Waals surface area contributed by atoms with E-state index in [0.29, 0.717) is 6.54 Å². The first-order chi connectivity index (χ1) is 12.5. The first-order valence-corrected chi connectivity index (χ1v) is 9.03. The summed E-state index contributed by atoms with van der Waals surface area (Å²) in [4.78, 5) is 6.85. The molecule has 0 saturated carbocycles. The van der Waals surface area contributed by atoms with Gasteiger partial charge in [-0.1, -0.05) is 0 Å². The van der Waals surface area contributed by atoms with Crippen LogP contribution in [0.3, 0.4) is 0 Å². The molecule has 1 atom stereocenters. The van der Waals surface area contributed by atoms with Gasteiger partial charge in [0.05, 0.1) is 12.4 Å². The molecule has 2 aromatic rings. The Bertz CT molecular complexity index is 751. The van der Waals surface area contributed by atoms with Crippen LogP contribution in [0, 0.1) is 13.8 Å². The molecule has 3 rings (SSSR count). The van der Waals surface area contributed by atoms with Crippen LogP contribution in [0.4, 0.5) is 0 Å². The van der Waals surface area contributed by atoms with Gasteiger partial charge in [-0.15, -0.1) is 34.2 Å². The molecule has 1 saturated heterocycles. The van der Waals surface area contributed by atoms with E-state index in [1.165, 1.54) is 0 Å². The minimum absolute atomic E-state index is 0. The molecule has 150 valence electrons. The Morgan fingerprint density at radius 2 is 2.22 bits per heavy atom. The number of aryl methyl sites for hydroxylation is 2. The van der Waals surface area contributed by atoms with Crippen LogP contribution < -0.4 is 5.32 Å². The van der Waals surface area contributed by atoms with Crippen molar-refractivity contribution in [1.29, 1.82) is 0 Å². The molecule has 1 N–H and O–H groups in total. The van der Waals surface area contributed by atoms with Gasteiger partial charge in [0.2, 0.25) is 0 Å². The van der Waals surface area contributed by atoms with Gasteiger partial charge in [-0.05, 0) is 32.8 Å². The quantitative estimate of drug-likeness (QED) is 0.382. The van der Waals surface area contributed by atoms with Crippen LogP contribution >= 0.6 is 24.0 Å². The van der Waals surface area contributed by atoms with E-state index in [9.17, 15) is 0 Å². The second kappa shape index (κ2) is 10.1. The van der Waals surface area contributed by atoms with Crippen LogP contribution in [0.15, 0.2) is 21.7 Å². The van der Waals surface area contributed by atoms with Crippen molar-refractivity contribution in [2.75, 3.05) is 20.2 Å². The standard InChI is InChI=1S/C18H28N6O2.HI/c1-13-15(7-9-25-13)12-23(3)18(19-10-16-6-5-8-26-16)20-11-17-22-21-14(2)24(17)4;/h7,9,16H,5-6,8,10-12H2,1-4H3,(H,19,20);1H. The number of hydrogen-bond donors (Lipinski definition) is 1. The number of halogens is 1. The number of nitrogens with one attached hydrogen (secondary N) is 1. The maximum absolute atomic E-state index is 5.72. The van der Waals surface area contributed by atoms with E-state index in [4.69, 9.17) is 14.1 Å². The Hall–Kier alpha value is -1.62. The molecule has 0 bridgehead atoms. The molecule has 27 heavy (non-hydrogen) atoms. The van der Waals surface area contributed by atoms with Gasteiger partial charge in [0.25, 0.3) is 0 Å². The molecule has 0 spiro atoms. The lowest BCUT2D eigenvalue weighted by atomic mass is 10.2. The van der Waals surface area contributed by atoms with Gasteiger partial charge in [0.1, 0.15) is 18.1 Å². The van der Waals surface area contributed by atoms with Crippen molar-refractivity contribution in [1.82, 2.24) is 25.0 Å². The van der Waals surface area contributed by atoms with Crippen LogP contribution in [0.1, 0.15) is 35.8 Å². The summed E-state index contributed by atoms with van der Waals surface area (Å²) < 4.78 is 13.1. The van der Waals surface area contributed by atoms with Crippen LogP contribution in [-0.4, -0.2) is 51.9 Å². The minimum Gasteiger partial charge on any atom is -0.469 e. The average Bonchev–Trinajstić information content (AvgIpc) is 3.34. The summed E-state index contributed by atoms with van der Waals surface area (Å²) in [7, 11) is 3.98. The Labute approximate surface area is 177 Å². The fourth-order valence-electron chi connectivity index (χ4n) is 2.96. The van der Waals surface area contributed by atoms with Crippen LogP contribution in [0.2, 0.25) is 0 Å². The molecule has 1 aliphatic rings. The third-order valence-electron chi connectivity index (χ3n) is 4.80. The zero-order chi connectivity index (χ0) is 18.5. The zero-order valence-electron chi connectivity index (χ0n) is 16.4. The predicted octanol–water partition coefficient (Wildman–Crippen LogP) is 2.40. The molecular weight excluding hydrogens is 459 g/mol. The van der Waals surface area contributed by atoms with E-state index in [0.717, 1.165) is 61.5 Å².